The van der Waals surface area contributed by atoms with Gasteiger partial charge in [0, 0.05) is 11.4 Å². The number of hydrogen-bond acceptors (Lipinski definition) is 0. The fourth-order valence-electron chi connectivity index (χ4n) is 0.832. The van der Waals surface area contributed by atoms with Gasteiger partial charge in [0.1, 0.15) is 11.6 Å². The molecule has 0 bridgehead atoms. The Labute approximate surface area is 74.5 Å². The molecule has 0 N–H and O–H groups in total. The van der Waals surface area contributed by atoms with Crippen LogP contribution >= 0.6 is 11.6 Å². The third-order valence-corrected chi connectivity index (χ3v) is 1.55. The molecule has 1 rings (SSSR count). The fourth-order valence-corrected chi connectivity index (χ4v) is 0.921. The van der Waals surface area contributed by atoms with Gasteiger partial charge in [-0.2, -0.15) is 0 Å². The van der Waals surface area contributed by atoms with Crippen LogP contribution in [0, 0.1) is 11.6 Å². The summed E-state index contributed by atoms with van der Waals surface area (Å²) in [7, 11) is 0. The maximum atomic E-state index is 12.8. The number of benzene rings is 1. The summed E-state index contributed by atoms with van der Waals surface area (Å²) < 4.78 is 25.7. The summed E-state index contributed by atoms with van der Waals surface area (Å²) in [4.78, 5) is 0. The van der Waals surface area contributed by atoms with E-state index in [4.69, 9.17) is 11.6 Å². The smallest absolute Gasteiger partial charge is 0.133 e. The Morgan fingerprint density at radius 2 is 1.83 bits per heavy atom. The largest absolute Gasteiger partial charge is 0.206 e. The number of hydrogen-bond donors (Lipinski definition) is 0. The molecular formula is C9H7ClF2. The first-order chi connectivity index (χ1) is 5.75. The standard InChI is InChI=1S/C9H7ClF2/c10-6-2-3-7-8(11)4-1-5-9(7)12/h1-5H,6H2/b3-2+. The molecule has 0 amide bonds. The van der Waals surface area contributed by atoms with Gasteiger partial charge in [-0.25, -0.2) is 8.78 Å². The van der Waals surface area contributed by atoms with Gasteiger partial charge in [0.2, 0.25) is 0 Å². The Morgan fingerprint density at radius 1 is 1.25 bits per heavy atom. The maximum absolute atomic E-state index is 12.8. The second kappa shape index (κ2) is 4.21. The van der Waals surface area contributed by atoms with Gasteiger partial charge in [-0.15, -0.1) is 11.6 Å². The van der Waals surface area contributed by atoms with Gasteiger partial charge in [0.05, 0.1) is 0 Å². The van der Waals surface area contributed by atoms with E-state index in [1.54, 1.807) is 0 Å². The number of alkyl halides is 1. The van der Waals surface area contributed by atoms with E-state index >= 15 is 0 Å². The van der Waals surface area contributed by atoms with Crippen LogP contribution < -0.4 is 0 Å². The van der Waals surface area contributed by atoms with Crippen LogP contribution in [0.5, 0.6) is 0 Å². The first kappa shape index (κ1) is 9.20. The summed E-state index contributed by atoms with van der Waals surface area (Å²) in [6.45, 7) is 0. The molecule has 0 atom stereocenters. The number of allylic oxidation sites excluding steroid dienone is 1. The Balaban J connectivity index is 3.04. The van der Waals surface area contributed by atoms with Gasteiger partial charge in [0.25, 0.3) is 0 Å². The monoisotopic (exact) mass is 188 g/mol. The zero-order valence-electron chi connectivity index (χ0n) is 6.23. The van der Waals surface area contributed by atoms with Crippen LogP contribution in [0.1, 0.15) is 5.56 Å². The van der Waals surface area contributed by atoms with Crippen LogP contribution in [0.25, 0.3) is 6.08 Å². The molecule has 0 unspecified atom stereocenters. The minimum absolute atomic E-state index is 0.0434. The molecule has 0 aliphatic carbocycles. The molecule has 0 fully saturated rings. The van der Waals surface area contributed by atoms with Crippen molar-refractivity contribution in [3.8, 4) is 0 Å². The van der Waals surface area contributed by atoms with Crippen molar-refractivity contribution in [1.82, 2.24) is 0 Å². The van der Waals surface area contributed by atoms with Gasteiger partial charge >= 0.3 is 0 Å². The average molecular weight is 189 g/mol. The minimum Gasteiger partial charge on any atom is -0.206 e. The van der Waals surface area contributed by atoms with Crippen molar-refractivity contribution >= 4 is 17.7 Å². The molecule has 0 aliphatic heterocycles. The lowest BCUT2D eigenvalue weighted by Crippen LogP contribution is -1.86. The fraction of sp³-hybridized carbons (Fsp3) is 0.111. The molecule has 3 heteroatoms. The van der Waals surface area contributed by atoms with Gasteiger partial charge in [-0.3, -0.25) is 0 Å². The van der Waals surface area contributed by atoms with Crippen LogP contribution in [-0.2, 0) is 0 Å². The molecule has 0 saturated carbocycles. The molecule has 0 aromatic heterocycles. The zero-order chi connectivity index (χ0) is 8.97. The summed E-state index contributed by atoms with van der Waals surface area (Å²) in [5.74, 6) is -0.902. The van der Waals surface area contributed by atoms with Crippen molar-refractivity contribution in [2.75, 3.05) is 5.88 Å². The number of halogens is 3. The molecule has 0 aliphatic rings. The number of rotatable bonds is 2. The quantitative estimate of drug-likeness (QED) is 0.626. The molecule has 1 aromatic carbocycles. The first-order valence-corrected chi connectivity index (χ1v) is 3.95. The SMILES string of the molecule is Fc1cccc(F)c1/C=C/CCl. The molecule has 0 heterocycles. The van der Waals surface area contributed by atoms with E-state index in [2.05, 4.69) is 0 Å². The van der Waals surface area contributed by atoms with Crippen molar-refractivity contribution in [1.29, 1.82) is 0 Å². The molecular weight excluding hydrogens is 182 g/mol. The lowest BCUT2D eigenvalue weighted by molar-refractivity contribution is 0.578. The highest BCUT2D eigenvalue weighted by atomic mass is 35.5. The second-order valence-electron chi connectivity index (χ2n) is 2.19. The lowest BCUT2D eigenvalue weighted by atomic mass is 10.2. The Kier molecular flexibility index (Phi) is 3.23. The van der Waals surface area contributed by atoms with Crippen molar-refractivity contribution in [2.45, 2.75) is 0 Å². The molecule has 0 saturated heterocycles. The van der Waals surface area contributed by atoms with Gasteiger partial charge < -0.3 is 0 Å². The highest BCUT2D eigenvalue weighted by Gasteiger charge is 2.02. The van der Waals surface area contributed by atoms with Crippen molar-refractivity contribution in [2.24, 2.45) is 0 Å². The van der Waals surface area contributed by atoms with E-state index in [1.165, 1.54) is 30.4 Å². The Hall–Kier alpha value is -0.890. The molecule has 0 radical (unpaired) electrons. The molecule has 12 heavy (non-hydrogen) atoms. The maximum Gasteiger partial charge on any atom is 0.133 e. The topological polar surface area (TPSA) is 0 Å². The van der Waals surface area contributed by atoms with E-state index in [0.717, 1.165) is 0 Å². The summed E-state index contributed by atoms with van der Waals surface area (Å²) in [5, 5.41) is 0. The predicted molar refractivity (Wildman–Crippen MR) is 46.1 cm³/mol. The lowest BCUT2D eigenvalue weighted by Gasteiger charge is -1.96. The predicted octanol–water partition coefficient (Wildman–Crippen LogP) is 3.22. The van der Waals surface area contributed by atoms with E-state index in [1.807, 2.05) is 0 Å². The molecule has 1 aromatic rings. The van der Waals surface area contributed by atoms with E-state index in [-0.39, 0.29) is 11.4 Å². The van der Waals surface area contributed by atoms with Crippen LogP contribution in [0.4, 0.5) is 8.78 Å². The van der Waals surface area contributed by atoms with Crippen LogP contribution in [0.3, 0.4) is 0 Å². The van der Waals surface area contributed by atoms with Crippen LogP contribution in [-0.4, -0.2) is 5.88 Å². The minimum atomic E-state index is -0.573. The van der Waals surface area contributed by atoms with Gasteiger partial charge in [-0.05, 0) is 12.1 Å². The third kappa shape index (κ3) is 2.05. The van der Waals surface area contributed by atoms with E-state index in [0.29, 0.717) is 0 Å². The zero-order valence-corrected chi connectivity index (χ0v) is 6.98. The summed E-state index contributed by atoms with van der Waals surface area (Å²) in [5.41, 5.74) is -0.0434. The first-order valence-electron chi connectivity index (χ1n) is 3.42. The Morgan fingerprint density at radius 3 is 2.33 bits per heavy atom. The normalized spacial score (nSPS) is 10.9. The Bertz CT molecular complexity index is 274. The highest BCUT2D eigenvalue weighted by Crippen LogP contribution is 2.13. The van der Waals surface area contributed by atoms with Crippen molar-refractivity contribution in [3.63, 3.8) is 0 Å². The summed E-state index contributed by atoms with van der Waals surface area (Å²) >= 11 is 5.32. The van der Waals surface area contributed by atoms with Crippen molar-refractivity contribution in [3.05, 3.63) is 41.5 Å². The van der Waals surface area contributed by atoms with Crippen LogP contribution in [0.15, 0.2) is 24.3 Å². The highest BCUT2D eigenvalue weighted by molar-refractivity contribution is 6.19. The average Bonchev–Trinajstić information content (AvgIpc) is 2.04. The molecule has 0 spiro atoms. The molecule has 64 valence electrons. The van der Waals surface area contributed by atoms with Gasteiger partial charge in [0.15, 0.2) is 0 Å². The second-order valence-corrected chi connectivity index (χ2v) is 2.50. The van der Waals surface area contributed by atoms with E-state index < -0.39 is 11.6 Å². The van der Waals surface area contributed by atoms with E-state index in [9.17, 15) is 8.78 Å². The van der Waals surface area contributed by atoms with Gasteiger partial charge in [-0.1, -0.05) is 18.2 Å². The van der Waals surface area contributed by atoms with Crippen LogP contribution in [0.2, 0.25) is 0 Å². The molecule has 0 nitrogen and oxygen atoms in total. The van der Waals surface area contributed by atoms with Crippen molar-refractivity contribution < 1.29 is 8.78 Å². The summed E-state index contributed by atoms with van der Waals surface area (Å²) in [6, 6.07) is 3.73. The third-order valence-electron chi connectivity index (χ3n) is 1.37. The summed E-state index contributed by atoms with van der Waals surface area (Å²) in [6.07, 6.45) is 2.82.